The van der Waals surface area contributed by atoms with Gasteiger partial charge >= 0.3 is 0 Å². The average Bonchev–Trinajstić information content (AvgIpc) is 3.27. The summed E-state index contributed by atoms with van der Waals surface area (Å²) < 4.78 is 0. The minimum Gasteiger partial charge on any atom is -0.350 e. The lowest BCUT2D eigenvalue weighted by Crippen LogP contribution is -2.34. The van der Waals surface area contributed by atoms with Gasteiger partial charge in [0.15, 0.2) is 0 Å². The lowest BCUT2D eigenvalue weighted by Gasteiger charge is -2.24. The van der Waals surface area contributed by atoms with Gasteiger partial charge < -0.3 is 10.2 Å². The maximum atomic E-state index is 12.5. The van der Waals surface area contributed by atoms with Crippen molar-refractivity contribution in [2.45, 2.75) is 13.0 Å². The first-order valence-electron chi connectivity index (χ1n) is 8.14. The molecular weight excluding hydrogens is 332 g/mol. The molecule has 1 amide bonds. The predicted molar refractivity (Wildman–Crippen MR) is 102 cm³/mol. The van der Waals surface area contributed by atoms with E-state index in [0.29, 0.717) is 12.1 Å². The first kappa shape index (κ1) is 17.4. The van der Waals surface area contributed by atoms with Crippen molar-refractivity contribution in [2.75, 3.05) is 20.6 Å². The normalized spacial score (nSPS) is 12.3. The van der Waals surface area contributed by atoms with Crippen LogP contribution >= 0.6 is 11.3 Å². The lowest BCUT2D eigenvalue weighted by molar-refractivity contribution is 0.0942. The summed E-state index contributed by atoms with van der Waals surface area (Å²) in [6.07, 6.45) is 1.71. The molecule has 0 radical (unpaired) electrons. The summed E-state index contributed by atoms with van der Waals surface area (Å²) in [7, 11) is 4.07. The van der Waals surface area contributed by atoms with Gasteiger partial charge in [0, 0.05) is 23.2 Å². The highest BCUT2D eigenvalue weighted by Gasteiger charge is 2.18. The molecule has 1 aromatic carbocycles. The molecule has 0 aliphatic rings. The number of aromatic amines is 1. The van der Waals surface area contributed by atoms with E-state index in [1.807, 2.05) is 44.4 Å². The highest BCUT2D eigenvalue weighted by Crippen LogP contribution is 2.26. The van der Waals surface area contributed by atoms with Crippen molar-refractivity contribution in [1.29, 1.82) is 0 Å². The molecule has 3 aromatic rings. The van der Waals surface area contributed by atoms with Crippen LogP contribution < -0.4 is 5.32 Å². The number of carbonyl (C=O) groups excluding carboxylic acids is 1. The average molecular weight is 354 g/mol. The highest BCUT2D eigenvalue weighted by molar-refractivity contribution is 7.10. The fourth-order valence-corrected chi connectivity index (χ4v) is 3.87. The van der Waals surface area contributed by atoms with Gasteiger partial charge in [0.25, 0.3) is 5.91 Å². The summed E-state index contributed by atoms with van der Waals surface area (Å²) in [4.78, 5) is 15.9. The fraction of sp³-hybridized carbons (Fsp3) is 0.263. The summed E-state index contributed by atoms with van der Waals surface area (Å²) in [5, 5.41) is 12.0. The van der Waals surface area contributed by atoms with E-state index in [1.54, 1.807) is 17.5 Å². The Morgan fingerprint density at radius 1 is 1.24 bits per heavy atom. The van der Waals surface area contributed by atoms with Crippen LogP contribution in [0.4, 0.5) is 0 Å². The molecule has 3 rings (SSSR count). The van der Waals surface area contributed by atoms with Crippen molar-refractivity contribution in [3.63, 3.8) is 0 Å². The molecular formula is C19H22N4OS. The number of amides is 1. The predicted octanol–water partition coefficient (Wildman–Crippen LogP) is 3.48. The van der Waals surface area contributed by atoms with Gasteiger partial charge in [-0.3, -0.25) is 9.89 Å². The number of aryl methyl sites for hydroxylation is 1. The molecule has 0 saturated carbocycles. The summed E-state index contributed by atoms with van der Waals surface area (Å²) in [5.41, 5.74) is 3.87. The molecule has 2 aromatic heterocycles. The third kappa shape index (κ3) is 3.97. The lowest BCUT2D eigenvalue weighted by atomic mass is 10.1. The first-order chi connectivity index (χ1) is 12.1. The SMILES string of the molecule is Cc1ccsc1[C@H](CNC(=O)c1ccc(-c2ccn[nH]2)cc1)N(C)C. The standard InChI is InChI=1S/C19H22N4OS/c1-13-9-11-25-18(13)17(23(2)3)12-20-19(24)15-6-4-14(5-7-15)16-8-10-21-22-16/h4-11,17H,12H2,1-3H3,(H,20,24)(H,21,22)/t17-/m0/s1. The molecule has 2 N–H and O–H groups in total. The van der Waals surface area contributed by atoms with Crippen molar-refractivity contribution >= 4 is 17.2 Å². The van der Waals surface area contributed by atoms with Crippen molar-refractivity contribution in [1.82, 2.24) is 20.4 Å². The second kappa shape index (κ2) is 7.63. The number of benzene rings is 1. The second-order valence-electron chi connectivity index (χ2n) is 6.20. The first-order valence-corrected chi connectivity index (χ1v) is 9.02. The number of nitrogens with one attached hydrogen (secondary N) is 2. The number of likely N-dealkylation sites (N-methyl/N-ethyl adjacent to an activating group) is 1. The van der Waals surface area contributed by atoms with Crippen molar-refractivity contribution in [3.05, 3.63) is 64.0 Å². The molecule has 1 atom stereocenters. The van der Waals surface area contributed by atoms with Crippen LogP contribution in [0.1, 0.15) is 26.8 Å². The molecule has 0 bridgehead atoms. The van der Waals surface area contributed by atoms with Gasteiger partial charge in [0.2, 0.25) is 0 Å². The van der Waals surface area contributed by atoms with Crippen molar-refractivity contribution in [2.24, 2.45) is 0 Å². The van der Waals surface area contributed by atoms with E-state index in [0.717, 1.165) is 11.3 Å². The smallest absolute Gasteiger partial charge is 0.251 e. The number of carbonyl (C=O) groups is 1. The number of H-pyrrole nitrogens is 1. The highest BCUT2D eigenvalue weighted by atomic mass is 32.1. The van der Waals surface area contributed by atoms with Crippen LogP contribution in [0.3, 0.4) is 0 Å². The van der Waals surface area contributed by atoms with Crippen LogP contribution in [-0.4, -0.2) is 41.6 Å². The maximum absolute atomic E-state index is 12.5. The molecule has 2 heterocycles. The van der Waals surface area contributed by atoms with E-state index in [4.69, 9.17) is 0 Å². The monoisotopic (exact) mass is 354 g/mol. The summed E-state index contributed by atoms with van der Waals surface area (Å²) in [6, 6.07) is 11.7. The van der Waals surface area contributed by atoms with Gasteiger partial charge in [-0.15, -0.1) is 11.3 Å². The molecule has 25 heavy (non-hydrogen) atoms. The molecule has 0 fully saturated rings. The summed E-state index contributed by atoms with van der Waals surface area (Å²) in [5.74, 6) is -0.0581. The zero-order valence-electron chi connectivity index (χ0n) is 14.6. The Kier molecular flexibility index (Phi) is 5.31. The molecule has 0 spiro atoms. The van der Waals surface area contributed by atoms with Crippen LogP contribution in [-0.2, 0) is 0 Å². The molecule has 0 aliphatic heterocycles. The van der Waals surface area contributed by atoms with Gasteiger partial charge in [0.05, 0.1) is 11.7 Å². The molecule has 6 heteroatoms. The van der Waals surface area contributed by atoms with Gasteiger partial charge in [-0.2, -0.15) is 5.10 Å². The Bertz CT molecular complexity index is 821. The van der Waals surface area contributed by atoms with E-state index in [9.17, 15) is 4.79 Å². The minimum atomic E-state index is -0.0581. The second-order valence-corrected chi connectivity index (χ2v) is 7.15. The van der Waals surface area contributed by atoms with Crippen LogP contribution in [0.15, 0.2) is 48.0 Å². The van der Waals surface area contributed by atoms with Gasteiger partial charge in [-0.1, -0.05) is 12.1 Å². The summed E-state index contributed by atoms with van der Waals surface area (Å²) >= 11 is 1.73. The molecule has 0 aliphatic carbocycles. The Hall–Kier alpha value is -2.44. The van der Waals surface area contributed by atoms with Crippen molar-refractivity contribution in [3.8, 4) is 11.3 Å². The van der Waals surface area contributed by atoms with Gasteiger partial charge in [-0.25, -0.2) is 0 Å². The summed E-state index contributed by atoms with van der Waals surface area (Å²) in [6.45, 7) is 2.69. The zero-order valence-corrected chi connectivity index (χ0v) is 15.4. The van der Waals surface area contributed by atoms with E-state index < -0.39 is 0 Å². The van der Waals surface area contributed by atoms with E-state index in [-0.39, 0.29) is 11.9 Å². The number of nitrogens with zero attached hydrogens (tertiary/aromatic N) is 2. The van der Waals surface area contributed by atoms with E-state index in [1.165, 1.54) is 10.4 Å². The third-order valence-corrected chi connectivity index (χ3v) is 5.36. The zero-order chi connectivity index (χ0) is 17.8. The minimum absolute atomic E-state index is 0.0581. The van der Waals surface area contributed by atoms with Crippen LogP contribution in [0.2, 0.25) is 0 Å². The van der Waals surface area contributed by atoms with Crippen molar-refractivity contribution < 1.29 is 4.79 Å². The largest absolute Gasteiger partial charge is 0.350 e. The van der Waals surface area contributed by atoms with E-state index >= 15 is 0 Å². The van der Waals surface area contributed by atoms with Crippen LogP contribution in [0, 0.1) is 6.92 Å². The Labute approximate surface area is 151 Å². The third-order valence-electron chi connectivity index (χ3n) is 4.24. The van der Waals surface area contributed by atoms with Crippen LogP contribution in [0.5, 0.6) is 0 Å². The van der Waals surface area contributed by atoms with Gasteiger partial charge in [-0.05, 0) is 61.8 Å². The quantitative estimate of drug-likeness (QED) is 0.712. The molecule has 0 saturated heterocycles. The maximum Gasteiger partial charge on any atom is 0.251 e. The Balaban J connectivity index is 1.66. The Morgan fingerprint density at radius 3 is 2.56 bits per heavy atom. The van der Waals surface area contributed by atoms with E-state index in [2.05, 4.69) is 38.8 Å². The van der Waals surface area contributed by atoms with Crippen LogP contribution in [0.25, 0.3) is 11.3 Å². The Morgan fingerprint density at radius 2 is 2.00 bits per heavy atom. The number of hydrogen-bond acceptors (Lipinski definition) is 4. The number of aromatic nitrogens is 2. The number of rotatable bonds is 6. The molecule has 5 nitrogen and oxygen atoms in total. The fourth-order valence-electron chi connectivity index (χ4n) is 2.74. The molecule has 130 valence electrons. The number of hydrogen-bond donors (Lipinski definition) is 2. The van der Waals surface area contributed by atoms with Gasteiger partial charge in [0.1, 0.15) is 0 Å². The number of thiophene rings is 1. The topological polar surface area (TPSA) is 61.0 Å². The molecule has 0 unspecified atom stereocenters.